The number of azo groups is 1. The molecule has 0 saturated carbocycles. The fourth-order valence-electron chi connectivity index (χ4n) is 2.59. The van der Waals surface area contributed by atoms with Gasteiger partial charge in [-0.25, -0.2) is 4.85 Å². The molecule has 0 aliphatic carbocycles. The van der Waals surface area contributed by atoms with Gasteiger partial charge in [-0.05, 0) is 17.8 Å². The van der Waals surface area contributed by atoms with Crippen molar-refractivity contribution in [3.05, 3.63) is 28.6 Å². The number of hydrogen-bond donors (Lipinski definition) is 1. The van der Waals surface area contributed by atoms with E-state index in [0.29, 0.717) is 22.8 Å². The van der Waals surface area contributed by atoms with Gasteiger partial charge in [-0.1, -0.05) is 52.2 Å². The molecule has 144 valence electrons. The smallest absolute Gasteiger partial charge is 0.509 e. The Morgan fingerprint density at radius 2 is 1.74 bits per heavy atom. The summed E-state index contributed by atoms with van der Waals surface area (Å²) in [7, 11) is 0. The molecule has 0 amide bonds. The van der Waals surface area contributed by atoms with E-state index in [1.165, 1.54) is 4.63 Å². The van der Waals surface area contributed by atoms with Gasteiger partial charge in [0.1, 0.15) is 0 Å². The minimum absolute atomic E-state index is 0. The molecule has 0 unspecified atom stereocenters. The van der Waals surface area contributed by atoms with Crippen molar-refractivity contribution in [3.8, 4) is 0 Å². The SMILES string of the molecule is [C-]#[N+]c1c(N=Nc2c(C(C)(C)C)[n-][n+]3[n-]c(C)nc23)n[nH]c1C(C)(C)C.[Ni+2]. The Morgan fingerprint density at radius 1 is 1.07 bits per heavy atom. The van der Waals surface area contributed by atoms with Gasteiger partial charge in [-0.2, -0.15) is 5.10 Å². The second-order valence-corrected chi connectivity index (χ2v) is 8.25. The van der Waals surface area contributed by atoms with Gasteiger partial charge in [-0.15, -0.1) is 10.2 Å². The van der Waals surface area contributed by atoms with E-state index >= 15 is 0 Å². The molecule has 0 saturated heterocycles. The first-order valence-electron chi connectivity index (χ1n) is 8.31. The summed E-state index contributed by atoms with van der Waals surface area (Å²) < 4.78 is 1.48. The van der Waals surface area contributed by atoms with Crippen LogP contribution in [-0.4, -0.2) is 15.2 Å². The first-order chi connectivity index (χ1) is 12.0. The summed E-state index contributed by atoms with van der Waals surface area (Å²) in [4.78, 5) is 7.98. The number of H-pyrrole nitrogens is 1. The molecular weight excluding hydrogens is 389 g/mol. The number of fused-ring (bicyclic) bond motifs is 1. The van der Waals surface area contributed by atoms with E-state index in [-0.39, 0.29) is 33.1 Å². The molecule has 3 aromatic heterocycles. The number of rotatable bonds is 2. The van der Waals surface area contributed by atoms with Crippen molar-refractivity contribution in [2.45, 2.75) is 59.3 Å². The maximum Gasteiger partial charge on any atom is 2.00 e. The molecule has 10 heteroatoms. The van der Waals surface area contributed by atoms with Gasteiger partial charge >= 0.3 is 22.1 Å². The van der Waals surface area contributed by atoms with E-state index in [4.69, 9.17) is 6.57 Å². The monoisotopic (exact) mass is 410 g/mol. The molecule has 0 spiro atoms. The van der Waals surface area contributed by atoms with Crippen LogP contribution in [0.15, 0.2) is 10.2 Å². The number of nitrogens with one attached hydrogen (secondary N) is 1. The molecule has 0 aliphatic heterocycles. The summed E-state index contributed by atoms with van der Waals surface area (Å²) in [5.41, 5.74) is 2.47. The zero-order valence-corrected chi connectivity index (χ0v) is 17.4. The van der Waals surface area contributed by atoms with Gasteiger partial charge in [0.15, 0.2) is 5.69 Å². The van der Waals surface area contributed by atoms with Crippen molar-refractivity contribution in [1.82, 2.24) is 25.4 Å². The van der Waals surface area contributed by atoms with E-state index in [2.05, 4.69) is 40.5 Å². The van der Waals surface area contributed by atoms with Crippen LogP contribution in [0.1, 0.15) is 58.8 Å². The van der Waals surface area contributed by atoms with Crippen molar-refractivity contribution in [2.24, 2.45) is 10.2 Å². The van der Waals surface area contributed by atoms with Crippen LogP contribution >= 0.6 is 0 Å². The first kappa shape index (κ1) is 20.8. The Labute approximate surface area is 167 Å². The molecule has 0 atom stereocenters. The molecule has 0 aromatic carbocycles. The Bertz CT molecular complexity index is 1030. The summed E-state index contributed by atoms with van der Waals surface area (Å²) in [6.45, 7) is 21.4. The topological polar surface area (TPSA) is 103 Å². The summed E-state index contributed by atoms with van der Waals surface area (Å²) in [6, 6.07) is 0. The van der Waals surface area contributed by atoms with Crippen molar-refractivity contribution in [2.75, 3.05) is 0 Å². The maximum absolute atomic E-state index is 7.48. The second kappa shape index (κ2) is 6.89. The van der Waals surface area contributed by atoms with Gasteiger partial charge in [0, 0.05) is 5.69 Å². The number of aryl methyl sites for hydroxylation is 1. The maximum atomic E-state index is 7.48. The van der Waals surface area contributed by atoms with Crippen molar-refractivity contribution in [1.29, 1.82) is 0 Å². The van der Waals surface area contributed by atoms with Crippen LogP contribution in [0.5, 0.6) is 0 Å². The molecule has 1 N–H and O–H groups in total. The normalized spacial score (nSPS) is 12.5. The Hall–Kier alpha value is -2.53. The van der Waals surface area contributed by atoms with Gasteiger partial charge in [0.05, 0.1) is 12.4 Å². The van der Waals surface area contributed by atoms with Gasteiger partial charge in [0.25, 0.3) is 5.69 Å². The molecule has 9 nitrogen and oxygen atoms in total. The summed E-state index contributed by atoms with van der Waals surface area (Å²) in [6.07, 6.45) is 0. The largest absolute Gasteiger partial charge is 2.00 e. The zero-order chi connectivity index (χ0) is 19.3. The molecule has 27 heavy (non-hydrogen) atoms. The van der Waals surface area contributed by atoms with Crippen LogP contribution < -0.4 is 14.8 Å². The van der Waals surface area contributed by atoms with Crippen molar-refractivity contribution >= 4 is 22.8 Å². The molecule has 0 radical (unpaired) electrons. The van der Waals surface area contributed by atoms with E-state index in [1.807, 2.05) is 41.5 Å². The molecule has 3 heterocycles. The number of hydrogen-bond acceptors (Lipinski definition) is 4. The van der Waals surface area contributed by atoms with E-state index in [0.717, 1.165) is 11.4 Å². The van der Waals surface area contributed by atoms with Crippen LogP contribution in [-0.2, 0) is 27.3 Å². The van der Waals surface area contributed by atoms with Crippen LogP contribution in [0, 0.1) is 13.5 Å². The fourth-order valence-corrected chi connectivity index (χ4v) is 2.59. The van der Waals surface area contributed by atoms with E-state index in [1.54, 1.807) is 6.92 Å². The van der Waals surface area contributed by atoms with Crippen LogP contribution in [0.4, 0.5) is 17.2 Å². The van der Waals surface area contributed by atoms with Crippen LogP contribution in [0.3, 0.4) is 0 Å². The summed E-state index contributed by atoms with van der Waals surface area (Å²) >= 11 is 0. The van der Waals surface area contributed by atoms with Gasteiger partial charge < -0.3 is 14.8 Å². The molecule has 3 rings (SSSR count). The zero-order valence-electron chi connectivity index (χ0n) is 16.4. The Balaban J connectivity index is 0.00000261. The van der Waals surface area contributed by atoms with E-state index < -0.39 is 0 Å². The third-order valence-electron chi connectivity index (χ3n) is 3.87. The van der Waals surface area contributed by atoms with Crippen LogP contribution in [0.25, 0.3) is 10.5 Å². The molecular formula is C17H22N9Ni+. The Kier molecular flexibility index (Phi) is 5.31. The molecule has 0 fully saturated rings. The van der Waals surface area contributed by atoms with Crippen molar-refractivity contribution < 1.29 is 21.1 Å². The number of aromatic nitrogens is 6. The third kappa shape index (κ3) is 3.79. The summed E-state index contributed by atoms with van der Waals surface area (Å²) in [5, 5.41) is 24.4. The summed E-state index contributed by atoms with van der Waals surface area (Å²) in [5.74, 6) is 0.876. The first-order valence-corrected chi connectivity index (χ1v) is 8.31. The predicted molar refractivity (Wildman–Crippen MR) is 95.2 cm³/mol. The Morgan fingerprint density at radius 3 is 2.30 bits per heavy atom. The molecule has 0 bridgehead atoms. The average molecular weight is 411 g/mol. The fraction of sp³-hybridized carbons (Fsp3) is 0.529. The molecule has 3 aromatic rings. The third-order valence-corrected chi connectivity index (χ3v) is 3.87. The van der Waals surface area contributed by atoms with Crippen LogP contribution in [0.2, 0.25) is 0 Å². The number of aromatic amines is 1. The minimum atomic E-state index is -0.255. The van der Waals surface area contributed by atoms with Gasteiger partial charge in [-0.3, -0.25) is 5.10 Å². The second-order valence-electron chi connectivity index (χ2n) is 8.25. The van der Waals surface area contributed by atoms with Gasteiger partial charge in [0.2, 0.25) is 5.82 Å². The van der Waals surface area contributed by atoms with Crippen molar-refractivity contribution in [3.63, 3.8) is 0 Å². The minimum Gasteiger partial charge on any atom is -0.509 e. The predicted octanol–water partition coefficient (Wildman–Crippen LogP) is 3.32. The molecule has 0 aliphatic rings. The number of nitrogens with zero attached hydrogens (tertiary/aromatic N) is 8. The van der Waals surface area contributed by atoms with E-state index in [9.17, 15) is 0 Å². The quantitative estimate of drug-likeness (QED) is 0.303. The standard InChI is InChI=1S/C17H22N9.Ni/c1-9-19-15-11(13(17(5,6)7)25-26(15)24-9)20-22-14-10(18-8)12(21-23-14)16(2,3)4;/h1-7H3,(H-,19,21,23,24);/q-1;+2. The average Bonchev–Trinajstić information content (AvgIpc) is 3.15.